The molecule has 0 radical (unpaired) electrons. The van der Waals surface area contributed by atoms with Crippen LogP contribution in [0.5, 0.6) is 0 Å². The number of carbonyl (C=O) groups excluding carboxylic acids is 1. The summed E-state index contributed by atoms with van der Waals surface area (Å²) >= 11 is 7.45. The zero-order valence-corrected chi connectivity index (χ0v) is 16.3. The second-order valence-corrected chi connectivity index (χ2v) is 9.05. The van der Waals surface area contributed by atoms with Gasteiger partial charge in [0.1, 0.15) is 0 Å². The molecule has 2 aromatic rings. The molecule has 5 nitrogen and oxygen atoms in total. The molecule has 0 atom stereocenters. The van der Waals surface area contributed by atoms with Gasteiger partial charge in [-0.3, -0.25) is 4.79 Å². The van der Waals surface area contributed by atoms with E-state index in [1.54, 1.807) is 18.2 Å². The predicted octanol–water partition coefficient (Wildman–Crippen LogP) is 3.34. The SMILES string of the molecule is O=C(CSc1ccccc1Cl)c1ccc(S(=O)(=O)N2CCOCC2)cc1. The lowest BCUT2D eigenvalue weighted by Gasteiger charge is -2.26. The number of Topliss-reactive ketones (excluding diaryl/α,β-unsaturated/α-hetero) is 1. The van der Waals surface area contributed by atoms with Gasteiger partial charge in [-0.1, -0.05) is 35.9 Å². The Morgan fingerprint density at radius 1 is 1.08 bits per heavy atom. The summed E-state index contributed by atoms with van der Waals surface area (Å²) in [6.07, 6.45) is 0. The van der Waals surface area contributed by atoms with Crippen LogP contribution in [0.2, 0.25) is 5.02 Å². The van der Waals surface area contributed by atoms with Crippen LogP contribution < -0.4 is 0 Å². The quantitative estimate of drug-likeness (QED) is 0.539. The predicted molar refractivity (Wildman–Crippen MR) is 103 cm³/mol. The topological polar surface area (TPSA) is 63.7 Å². The first-order chi connectivity index (χ1) is 12.5. The number of hydrogen-bond donors (Lipinski definition) is 0. The molecule has 0 aliphatic carbocycles. The molecule has 8 heteroatoms. The maximum atomic E-state index is 12.6. The van der Waals surface area contributed by atoms with E-state index in [1.807, 2.05) is 18.2 Å². The molecule has 1 fully saturated rings. The molecule has 0 saturated carbocycles. The molecule has 1 saturated heterocycles. The van der Waals surface area contributed by atoms with Crippen LogP contribution in [0.4, 0.5) is 0 Å². The highest BCUT2D eigenvalue weighted by molar-refractivity contribution is 8.00. The van der Waals surface area contributed by atoms with E-state index in [0.717, 1.165) is 4.90 Å². The molecular weight excluding hydrogens is 394 g/mol. The summed E-state index contributed by atoms with van der Waals surface area (Å²) in [6.45, 7) is 1.49. The van der Waals surface area contributed by atoms with Crippen LogP contribution in [0, 0.1) is 0 Å². The Balaban J connectivity index is 1.67. The summed E-state index contributed by atoms with van der Waals surface area (Å²) in [4.78, 5) is 13.4. The van der Waals surface area contributed by atoms with E-state index >= 15 is 0 Å². The first-order valence-corrected chi connectivity index (χ1v) is 10.9. The van der Waals surface area contributed by atoms with Gasteiger partial charge in [0.05, 0.1) is 28.9 Å². The second kappa shape index (κ2) is 8.54. The number of ether oxygens (including phenoxy) is 1. The lowest BCUT2D eigenvalue weighted by molar-refractivity contribution is 0.0730. The summed E-state index contributed by atoms with van der Waals surface area (Å²) in [5, 5.41) is 0.609. The third-order valence-corrected chi connectivity index (χ3v) is 7.41. The first-order valence-electron chi connectivity index (χ1n) is 8.07. The van der Waals surface area contributed by atoms with Crippen LogP contribution >= 0.6 is 23.4 Å². The van der Waals surface area contributed by atoms with Crippen molar-refractivity contribution in [3.8, 4) is 0 Å². The normalized spacial score (nSPS) is 15.7. The highest BCUT2D eigenvalue weighted by Gasteiger charge is 2.26. The van der Waals surface area contributed by atoms with Gasteiger partial charge in [0, 0.05) is 23.5 Å². The van der Waals surface area contributed by atoms with E-state index in [2.05, 4.69) is 0 Å². The van der Waals surface area contributed by atoms with E-state index in [-0.39, 0.29) is 16.4 Å². The van der Waals surface area contributed by atoms with E-state index in [0.29, 0.717) is 36.9 Å². The fraction of sp³-hybridized carbons (Fsp3) is 0.278. The lowest BCUT2D eigenvalue weighted by Crippen LogP contribution is -2.40. The van der Waals surface area contributed by atoms with Crippen molar-refractivity contribution >= 4 is 39.2 Å². The van der Waals surface area contributed by atoms with Crippen LogP contribution in [0.3, 0.4) is 0 Å². The van der Waals surface area contributed by atoms with Crippen LogP contribution in [0.1, 0.15) is 10.4 Å². The minimum Gasteiger partial charge on any atom is -0.379 e. The average Bonchev–Trinajstić information content (AvgIpc) is 2.68. The molecule has 138 valence electrons. The fourth-order valence-electron chi connectivity index (χ4n) is 2.54. The Kier molecular flexibility index (Phi) is 6.37. The van der Waals surface area contributed by atoms with Gasteiger partial charge in [-0.2, -0.15) is 4.31 Å². The number of nitrogens with zero attached hydrogens (tertiary/aromatic N) is 1. The molecule has 0 aromatic heterocycles. The van der Waals surface area contributed by atoms with Gasteiger partial charge in [0.15, 0.2) is 5.78 Å². The van der Waals surface area contributed by atoms with Crippen molar-refractivity contribution in [2.75, 3.05) is 32.1 Å². The highest BCUT2D eigenvalue weighted by Crippen LogP contribution is 2.27. The number of ketones is 1. The second-order valence-electron chi connectivity index (χ2n) is 5.68. The van der Waals surface area contributed by atoms with Gasteiger partial charge in [-0.25, -0.2) is 8.42 Å². The Bertz CT molecular complexity index is 878. The molecule has 0 spiro atoms. The number of sulfonamides is 1. The van der Waals surface area contributed by atoms with E-state index < -0.39 is 10.0 Å². The largest absolute Gasteiger partial charge is 0.379 e. The van der Waals surface area contributed by atoms with Crippen LogP contribution in [-0.4, -0.2) is 50.6 Å². The molecule has 0 unspecified atom stereocenters. The van der Waals surface area contributed by atoms with Gasteiger partial charge in [0.25, 0.3) is 0 Å². The van der Waals surface area contributed by atoms with Crippen molar-refractivity contribution in [2.45, 2.75) is 9.79 Å². The van der Waals surface area contributed by atoms with Gasteiger partial charge >= 0.3 is 0 Å². The summed E-state index contributed by atoms with van der Waals surface area (Å²) in [7, 11) is -3.55. The number of benzene rings is 2. The zero-order valence-electron chi connectivity index (χ0n) is 13.9. The molecule has 2 aromatic carbocycles. The van der Waals surface area contributed by atoms with Crippen LogP contribution in [0.25, 0.3) is 0 Å². The Labute approximate surface area is 162 Å². The van der Waals surface area contributed by atoms with Crippen molar-refractivity contribution in [1.82, 2.24) is 4.31 Å². The fourth-order valence-corrected chi connectivity index (χ4v) is 5.08. The van der Waals surface area contributed by atoms with Crippen molar-refractivity contribution in [3.05, 3.63) is 59.1 Å². The Morgan fingerprint density at radius 3 is 2.38 bits per heavy atom. The minimum absolute atomic E-state index is 0.0785. The smallest absolute Gasteiger partial charge is 0.243 e. The van der Waals surface area contributed by atoms with Crippen molar-refractivity contribution in [2.24, 2.45) is 0 Å². The highest BCUT2D eigenvalue weighted by atomic mass is 35.5. The van der Waals surface area contributed by atoms with E-state index in [9.17, 15) is 13.2 Å². The third kappa shape index (κ3) is 4.47. The van der Waals surface area contributed by atoms with E-state index in [1.165, 1.54) is 28.2 Å². The molecule has 1 aliphatic heterocycles. The van der Waals surface area contributed by atoms with Crippen LogP contribution in [0.15, 0.2) is 58.3 Å². The number of halogens is 1. The average molecular weight is 412 g/mol. The summed E-state index contributed by atoms with van der Waals surface area (Å²) in [6, 6.07) is 13.4. The molecule has 1 aliphatic rings. The van der Waals surface area contributed by atoms with Gasteiger partial charge in [-0.15, -0.1) is 11.8 Å². The molecule has 0 amide bonds. The van der Waals surface area contributed by atoms with Crippen molar-refractivity contribution in [1.29, 1.82) is 0 Å². The minimum atomic E-state index is -3.55. The maximum Gasteiger partial charge on any atom is 0.243 e. The standard InChI is InChI=1S/C18H18ClNO4S2/c19-16-3-1-2-4-18(16)25-13-17(21)14-5-7-15(8-6-14)26(22,23)20-9-11-24-12-10-20/h1-8H,9-13H2. The Hall–Kier alpha value is -1.38. The number of hydrogen-bond acceptors (Lipinski definition) is 5. The molecule has 26 heavy (non-hydrogen) atoms. The molecule has 1 heterocycles. The van der Waals surface area contributed by atoms with Crippen molar-refractivity contribution < 1.29 is 17.9 Å². The molecule has 0 N–H and O–H groups in total. The van der Waals surface area contributed by atoms with Gasteiger partial charge in [0.2, 0.25) is 10.0 Å². The number of rotatable bonds is 6. The summed E-state index contributed by atoms with van der Waals surface area (Å²) in [5.74, 6) is 0.157. The Morgan fingerprint density at radius 2 is 1.73 bits per heavy atom. The van der Waals surface area contributed by atoms with Gasteiger partial charge in [-0.05, 0) is 24.3 Å². The monoisotopic (exact) mass is 411 g/mol. The first kappa shape index (κ1) is 19.4. The molecular formula is C18H18ClNO4S2. The van der Waals surface area contributed by atoms with Crippen molar-refractivity contribution in [3.63, 3.8) is 0 Å². The number of carbonyl (C=O) groups is 1. The van der Waals surface area contributed by atoms with E-state index in [4.69, 9.17) is 16.3 Å². The summed E-state index contributed by atoms with van der Waals surface area (Å²) < 4.78 is 31.8. The summed E-state index contributed by atoms with van der Waals surface area (Å²) in [5.41, 5.74) is 0.477. The maximum absolute atomic E-state index is 12.6. The third-order valence-electron chi connectivity index (χ3n) is 3.98. The number of morpholine rings is 1. The van der Waals surface area contributed by atoms with Gasteiger partial charge < -0.3 is 4.74 Å². The molecule has 3 rings (SSSR count). The molecule has 0 bridgehead atoms. The zero-order chi connectivity index (χ0) is 18.6. The lowest BCUT2D eigenvalue weighted by atomic mass is 10.1. The van der Waals surface area contributed by atoms with Crippen LogP contribution in [-0.2, 0) is 14.8 Å². The number of thioether (sulfide) groups is 1.